The van der Waals surface area contributed by atoms with Crippen LogP contribution in [0.25, 0.3) is 0 Å². The Morgan fingerprint density at radius 2 is 1.45 bits per heavy atom. The summed E-state index contributed by atoms with van der Waals surface area (Å²) in [5, 5.41) is 1.43. The first-order chi connectivity index (χ1) is 10.6. The Morgan fingerprint density at radius 3 is 1.86 bits per heavy atom. The maximum absolute atomic E-state index is 13.7. The number of esters is 1. The number of carbonyl (C=O) groups excluding carboxylic acids is 1. The zero-order valence-electron chi connectivity index (χ0n) is 12.6. The van der Waals surface area contributed by atoms with E-state index >= 15 is 0 Å². The summed E-state index contributed by atoms with van der Waals surface area (Å²) in [6.45, 7) is 5.77. The molecule has 0 aliphatic carbocycles. The van der Waals surface area contributed by atoms with Crippen LogP contribution in [0.3, 0.4) is 0 Å². The molecule has 3 nitrogen and oxygen atoms in total. The van der Waals surface area contributed by atoms with Crippen LogP contribution < -0.4 is 10.6 Å². The summed E-state index contributed by atoms with van der Waals surface area (Å²) in [5.41, 5.74) is 0.234. The second-order valence-electron chi connectivity index (χ2n) is 4.89. The average molecular weight is 314 g/mol. The van der Waals surface area contributed by atoms with Crippen molar-refractivity contribution in [3.63, 3.8) is 0 Å². The van der Waals surface area contributed by atoms with E-state index in [1.165, 1.54) is 0 Å². The van der Waals surface area contributed by atoms with E-state index in [1.807, 2.05) is 60.7 Å². The fraction of sp³-hybridized carbons (Fsp3) is 0.167. The maximum Gasteiger partial charge on any atom is 0.333 e. The van der Waals surface area contributed by atoms with Gasteiger partial charge in [0.1, 0.15) is 7.14 Å². The molecule has 0 saturated carbocycles. The molecule has 0 unspecified atom stereocenters. The Bertz CT molecular complexity index is 649. The van der Waals surface area contributed by atoms with E-state index in [2.05, 4.69) is 6.58 Å². The van der Waals surface area contributed by atoms with Gasteiger partial charge in [0.2, 0.25) is 0 Å². The standard InChI is InChI=1S/C18H19O3P/c1-3-21-18(19)15(2)14-22(20,16-10-6-4-7-11-16)17-12-8-5-9-13-17/h4-13H,2-3,14H2,1H3. The van der Waals surface area contributed by atoms with Gasteiger partial charge in [-0.2, -0.15) is 0 Å². The van der Waals surface area contributed by atoms with Crippen LogP contribution in [0.15, 0.2) is 72.8 Å². The molecule has 0 fully saturated rings. The Kier molecular flexibility index (Phi) is 5.35. The Balaban J connectivity index is 2.42. The van der Waals surface area contributed by atoms with E-state index < -0.39 is 13.1 Å². The van der Waals surface area contributed by atoms with Crippen LogP contribution in [0.2, 0.25) is 0 Å². The largest absolute Gasteiger partial charge is 0.463 e. The molecular weight excluding hydrogens is 295 g/mol. The fourth-order valence-corrected chi connectivity index (χ4v) is 4.87. The molecule has 0 aromatic heterocycles. The van der Waals surface area contributed by atoms with Gasteiger partial charge in [-0.1, -0.05) is 67.2 Å². The van der Waals surface area contributed by atoms with E-state index in [0.717, 1.165) is 0 Å². The van der Waals surface area contributed by atoms with Crippen LogP contribution in [0.1, 0.15) is 6.92 Å². The lowest BCUT2D eigenvalue weighted by Gasteiger charge is -2.20. The first kappa shape index (κ1) is 16.3. The van der Waals surface area contributed by atoms with Crippen LogP contribution in [0, 0.1) is 0 Å². The van der Waals surface area contributed by atoms with Crippen molar-refractivity contribution in [2.75, 3.05) is 12.8 Å². The topological polar surface area (TPSA) is 43.4 Å². The normalized spacial score (nSPS) is 11.0. The number of ether oxygens (including phenoxy) is 1. The monoisotopic (exact) mass is 314 g/mol. The Labute approximate surface area is 131 Å². The molecule has 0 atom stereocenters. The van der Waals surface area contributed by atoms with Gasteiger partial charge in [-0.15, -0.1) is 0 Å². The summed E-state index contributed by atoms with van der Waals surface area (Å²) in [7, 11) is -2.96. The average Bonchev–Trinajstić information content (AvgIpc) is 2.56. The minimum Gasteiger partial charge on any atom is -0.463 e. The zero-order valence-corrected chi connectivity index (χ0v) is 13.5. The van der Waals surface area contributed by atoms with Crippen LogP contribution >= 0.6 is 7.14 Å². The van der Waals surface area contributed by atoms with Gasteiger partial charge < -0.3 is 9.30 Å². The lowest BCUT2D eigenvalue weighted by atomic mass is 10.3. The third-order valence-electron chi connectivity index (χ3n) is 3.32. The Hall–Kier alpha value is -2.12. The van der Waals surface area contributed by atoms with Gasteiger partial charge in [0.15, 0.2) is 0 Å². The van der Waals surface area contributed by atoms with E-state index in [1.54, 1.807) is 6.92 Å². The highest BCUT2D eigenvalue weighted by Crippen LogP contribution is 2.44. The van der Waals surface area contributed by atoms with Crippen LogP contribution in [-0.4, -0.2) is 18.7 Å². The summed E-state index contributed by atoms with van der Waals surface area (Å²) in [6.07, 6.45) is 0.0832. The molecule has 2 aromatic carbocycles. The third-order valence-corrected chi connectivity index (χ3v) is 6.42. The second kappa shape index (κ2) is 7.24. The van der Waals surface area contributed by atoms with Gasteiger partial charge in [0.25, 0.3) is 0 Å². The molecule has 0 aliphatic heterocycles. The highest BCUT2D eigenvalue weighted by Gasteiger charge is 2.30. The first-order valence-corrected chi connectivity index (χ1v) is 9.02. The SMILES string of the molecule is C=C(CP(=O)(c1ccccc1)c1ccccc1)C(=O)OCC. The minimum atomic E-state index is -2.96. The lowest BCUT2D eigenvalue weighted by molar-refractivity contribution is -0.138. The van der Waals surface area contributed by atoms with Crippen LogP contribution in [0.4, 0.5) is 0 Å². The molecular formula is C18H19O3P. The van der Waals surface area contributed by atoms with Gasteiger partial charge in [0.05, 0.1) is 6.61 Å². The molecule has 22 heavy (non-hydrogen) atoms. The zero-order chi connectivity index (χ0) is 16.0. The Morgan fingerprint density at radius 1 is 1.00 bits per heavy atom. The molecule has 2 rings (SSSR count). The number of benzene rings is 2. The second-order valence-corrected chi connectivity index (χ2v) is 7.72. The summed E-state index contributed by atoms with van der Waals surface area (Å²) in [5.74, 6) is -0.491. The van der Waals surface area contributed by atoms with Crippen molar-refractivity contribution < 1.29 is 14.1 Å². The van der Waals surface area contributed by atoms with Crippen LogP contribution in [0.5, 0.6) is 0 Å². The summed E-state index contributed by atoms with van der Waals surface area (Å²) < 4.78 is 18.6. The molecule has 114 valence electrons. The summed E-state index contributed by atoms with van der Waals surface area (Å²) in [6, 6.07) is 18.4. The number of carbonyl (C=O) groups is 1. The highest BCUT2D eigenvalue weighted by atomic mass is 31.2. The summed E-state index contributed by atoms with van der Waals surface area (Å²) >= 11 is 0. The molecule has 0 amide bonds. The fourth-order valence-electron chi connectivity index (χ4n) is 2.24. The van der Waals surface area contributed by atoms with Gasteiger partial charge in [-0.25, -0.2) is 4.79 Å². The predicted molar refractivity (Wildman–Crippen MR) is 90.4 cm³/mol. The molecule has 0 heterocycles. The third kappa shape index (κ3) is 3.55. The van der Waals surface area contributed by atoms with E-state index in [-0.39, 0.29) is 18.3 Å². The van der Waals surface area contributed by atoms with Gasteiger partial charge in [0, 0.05) is 22.3 Å². The molecule has 0 radical (unpaired) electrons. The number of rotatable bonds is 6. The van der Waals surface area contributed by atoms with Crippen molar-refractivity contribution in [2.24, 2.45) is 0 Å². The van der Waals surface area contributed by atoms with Crippen molar-refractivity contribution in [2.45, 2.75) is 6.92 Å². The quantitative estimate of drug-likeness (QED) is 0.467. The molecule has 0 bridgehead atoms. The van der Waals surface area contributed by atoms with Crippen LogP contribution in [-0.2, 0) is 14.1 Å². The molecule has 0 N–H and O–H groups in total. The highest BCUT2D eigenvalue weighted by molar-refractivity contribution is 7.78. The van der Waals surface area contributed by atoms with Crippen molar-refractivity contribution in [1.82, 2.24) is 0 Å². The lowest BCUT2D eigenvalue weighted by Crippen LogP contribution is -2.21. The molecule has 0 aliphatic rings. The molecule has 0 saturated heterocycles. The van der Waals surface area contributed by atoms with Gasteiger partial charge >= 0.3 is 5.97 Å². The maximum atomic E-state index is 13.7. The van der Waals surface area contributed by atoms with Gasteiger partial charge in [-0.05, 0) is 6.92 Å². The summed E-state index contributed by atoms with van der Waals surface area (Å²) in [4.78, 5) is 11.8. The smallest absolute Gasteiger partial charge is 0.333 e. The molecule has 0 spiro atoms. The van der Waals surface area contributed by atoms with Gasteiger partial charge in [-0.3, -0.25) is 0 Å². The van der Waals surface area contributed by atoms with E-state index in [9.17, 15) is 9.36 Å². The van der Waals surface area contributed by atoms with E-state index in [4.69, 9.17) is 4.74 Å². The van der Waals surface area contributed by atoms with Crippen molar-refractivity contribution >= 4 is 23.7 Å². The van der Waals surface area contributed by atoms with Crippen molar-refractivity contribution in [3.8, 4) is 0 Å². The number of hydrogen-bond donors (Lipinski definition) is 0. The van der Waals surface area contributed by atoms with Crippen molar-refractivity contribution in [1.29, 1.82) is 0 Å². The minimum absolute atomic E-state index is 0.0832. The number of hydrogen-bond acceptors (Lipinski definition) is 3. The molecule has 2 aromatic rings. The predicted octanol–water partition coefficient (Wildman–Crippen LogP) is 3.12. The van der Waals surface area contributed by atoms with Crippen molar-refractivity contribution in [3.05, 3.63) is 72.8 Å². The van der Waals surface area contributed by atoms with E-state index in [0.29, 0.717) is 10.6 Å². The first-order valence-electron chi connectivity index (χ1n) is 7.13. The molecule has 4 heteroatoms.